The second-order valence-corrected chi connectivity index (χ2v) is 11.1. The van der Waals surface area contributed by atoms with E-state index in [4.69, 9.17) is 4.98 Å². The maximum atomic E-state index is 15.0. The number of likely N-dealkylation sites (N-methyl/N-ethyl adjacent to an activating group) is 1. The van der Waals surface area contributed by atoms with Crippen molar-refractivity contribution in [1.82, 2.24) is 14.5 Å². The van der Waals surface area contributed by atoms with E-state index >= 15 is 4.39 Å². The number of pyridine rings is 2. The predicted molar refractivity (Wildman–Crippen MR) is 139 cm³/mol. The number of aliphatic hydroxyl groups excluding tert-OH is 1. The Bertz CT molecular complexity index is 1750. The molecule has 0 radical (unpaired) electrons. The SMILES string of the molecule is CC[C@@]1(O)C(=O)CCc2c1cc1n(c2=O)Cc2c-1nc1cc(F)c(C)c3c1c2[C@@H](N(C)C(=O)[C@H](O)C(F)(F)F)CC3. The molecule has 0 saturated heterocycles. The monoisotopic (exact) mass is 573 g/mol. The van der Waals surface area contributed by atoms with Gasteiger partial charge in [0.25, 0.3) is 11.5 Å². The van der Waals surface area contributed by atoms with E-state index in [1.54, 1.807) is 19.9 Å². The first-order valence-corrected chi connectivity index (χ1v) is 13.4. The third kappa shape index (κ3) is 3.72. The minimum Gasteiger partial charge on any atom is -0.377 e. The van der Waals surface area contributed by atoms with Gasteiger partial charge < -0.3 is 19.7 Å². The van der Waals surface area contributed by atoms with Gasteiger partial charge in [0.2, 0.25) is 6.10 Å². The number of carbonyl (C=O) groups is 2. The van der Waals surface area contributed by atoms with E-state index < -0.39 is 47.0 Å². The molecule has 216 valence electrons. The number of aliphatic hydroxyl groups is 2. The Morgan fingerprint density at radius 3 is 2.56 bits per heavy atom. The van der Waals surface area contributed by atoms with Crippen LogP contribution in [-0.4, -0.2) is 55.7 Å². The lowest BCUT2D eigenvalue weighted by Gasteiger charge is -2.36. The molecule has 41 heavy (non-hydrogen) atoms. The molecule has 3 heterocycles. The first-order valence-electron chi connectivity index (χ1n) is 13.4. The number of hydrogen-bond acceptors (Lipinski definition) is 6. The standard InChI is InChI=1S/C29H27F4N3O5/c1-4-28(41)16-9-20-24-15(11-36(20)26(39)14(16)6-8-21(28)37)23-19(35(3)27(40)25(38)29(31,32)33)7-5-13-12(2)17(30)10-18(34-24)22(13)23/h9-10,19,25,38,41H,4-8,11H2,1-3H3/t19-,25-,28-/m0/s1. The minimum absolute atomic E-state index is 0.00465. The molecule has 8 nitrogen and oxygen atoms in total. The summed E-state index contributed by atoms with van der Waals surface area (Å²) in [6.45, 7) is 3.23. The first kappa shape index (κ1) is 27.5. The van der Waals surface area contributed by atoms with E-state index in [9.17, 15) is 37.8 Å². The van der Waals surface area contributed by atoms with Crippen molar-refractivity contribution in [2.75, 3.05) is 7.05 Å². The Morgan fingerprint density at radius 1 is 1.20 bits per heavy atom. The molecule has 1 aliphatic heterocycles. The quantitative estimate of drug-likeness (QED) is 0.364. The van der Waals surface area contributed by atoms with Gasteiger partial charge in [0.1, 0.15) is 11.4 Å². The van der Waals surface area contributed by atoms with Gasteiger partial charge in [-0.3, -0.25) is 14.4 Å². The van der Waals surface area contributed by atoms with Gasteiger partial charge >= 0.3 is 6.18 Å². The normalized spacial score (nSPS) is 21.9. The highest BCUT2D eigenvalue weighted by molar-refractivity contribution is 5.94. The summed E-state index contributed by atoms with van der Waals surface area (Å²) in [4.78, 5) is 44.8. The number of halogens is 4. The van der Waals surface area contributed by atoms with E-state index in [-0.39, 0.29) is 55.4 Å². The zero-order valence-electron chi connectivity index (χ0n) is 22.5. The van der Waals surface area contributed by atoms with Crippen LogP contribution in [0.4, 0.5) is 17.6 Å². The van der Waals surface area contributed by atoms with Gasteiger partial charge in [-0.25, -0.2) is 9.37 Å². The van der Waals surface area contributed by atoms with Crippen molar-refractivity contribution >= 4 is 22.6 Å². The average molecular weight is 574 g/mol. The van der Waals surface area contributed by atoms with Crippen molar-refractivity contribution in [3.63, 3.8) is 0 Å². The van der Waals surface area contributed by atoms with Gasteiger partial charge in [-0.15, -0.1) is 0 Å². The van der Waals surface area contributed by atoms with Gasteiger partial charge in [-0.1, -0.05) is 6.92 Å². The third-order valence-corrected chi connectivity index (χ3v) is 9.08. The lowest BCUT2D eigenvalue weighted by molar-refractivity contribution is -0.211. The summed E-state index contributed by atoms with van der Waals surface area (Å²) < 4.78 is 56.3. The van der Waals surface area contributed by atoms with Crippen LogP contribution in [0, 0.1) is 12.7 Å². The van der Waals surface area contributed by atoms with Crippen molar-refractivity contribution in [2.45, 2.75) is 76.4 Å². The van der Waals surface area contributed by atoms with Crippen LogP contribution in [0.15, 0.2) is 16.9 Å². The smallest absolute Gasteiger partial charge is 0.377 e. The molecule has 3 atom stereocenters. The molecule has 2 N–H and O–H groups in total. The van der Waals surface area contributed by atoms with Crippen molar-refractivity contribution in [3.05, 3.63) is 61.7 Å². The fourth-order valence-corrected chi connectivity index (χ4v) is 6.79. The summed E-state index contributed by atoms with van der Waals surface area (Å²) in [7, 11) is 1.18. The summed E-state index contributed by atoms with van der Waals surface area (Å²) in [6, 6.07) is 1.85. The molecule has 1 amide bonds. The lowest BCUT2D eigenvalue weighted by atomic mass is 9.77. The highest BCUT2D eigenvalue weighted by Gasteiger charge is 2.48. The fraction of sp³-hybridized carbons (Fsp3) is 0.448. The molecule has 6 rings (SSSR count). The molecule has 3 aliphatic rings. The molecule has 0 bridgehead atoms. The van der Waals surface area contributed by atoms with E-state index in [0.717, 1.165) is 4.90 Å². The fourth-order valence-electron chi connectivity index (χ4n) is 6.79. The third-order valence-electron chi connectivity index (χ3n) is 9.08. The van der Waals surface area contributed by atoms with Crippen LogP contribution in [-0.2, 0) is 34.6 Å². The number of nitrogens with zero attached hydrogens (tertiary/aromatic N) is 3. The second kappa shape index (κ2) is 8.93. The molecular formula is C29H27F4N3O5. The molecule has 0 spiro atoms. The number of amides is 1. The van der Waals surface area contributed by atoms with Crippen LogP contribution in [0.3, 0.4) is 0 Å². The average Bonchev–Trinajstić information content (AvgIpc) is 3.30. The van der Waals surface area contributed by atoms with Crippen LogP contribution < -0.4 is 5.56 Å². The van der Waals surface area contributed by atoms with Gasteiger partial charge in [0.05, 0.1) is 29.5 Å². The summed E-state index contributed by atoms with van der Waals surface area (Å²) >= 11 is 0. The highest BCUT2D eigenvalue weighted by Crippen LogP contribution is 2.47. The number of ketones is 1. The van der Waals surface area contributed by atoms with Crippen LogP contribution in [0.1, 0.15) is 65.6 Å². The summed E-state index contributed by atoms with van der Waals surface area (Å²) in [5.74, 6) is -2.45. The molecule has 12 heteroatoms. The molecule has 0 unspecified atom stereocenters. The maximum Gasteiger partial charge on any atom is 0.423 e. The van der Waals surface area contributed by atoms with Crippen LogP contribution >= 0.6 is 0 Å². The predicted octanol–water partition coefficient (Wildman–Crippen LogP) is 3.35. The first-order chi connectivity index (χ1) is 19.2. The number of aromatic nitrogens is 2. The van der Waals surface area contributed by atoms with Gasteiger partial charge in [0.15, 0.2) is 5.78 Å². The van der Waals surface area contributed by atoms with Gasteiger partial charge in [0, 0.05) is 41.6 Å². The van der Waals surface area contributed by atoms with Crippen molar-refractivity contribution < 1.29 is 37.4 Å². The summed E-state index contributed by atoms with van der Waals surface area (Å²) in [5, 5.41) is 21.5. The molecule has 2 aliphatic carbocycles. The largest absolute Gasteiger partial charge is 0.423 e. The number of hydrogen-bond donors (Lipinski definition) is 2. The minimum atomic E-state index is -5.16. The Kier molecular flexibility index (Phi) is 5.99. The van der Waals surface area contributed by atoms with E-state index in [0.29, 0.717) is 38.9 Å². The second-order valence-electron chi connectivity index (χ2n) is 11.1. The Labute approximate surface area is 231 Å². The number of benzene rings is 1. The molecule has 2 aromatic heterocycles. The van der Waals surface area contributed by atoms with Crippen LogP contribution in [0.25, 0.3) is 22.3 Å². The molecular weight excluding hydrogens is 546 g/mol. The zero-order valence-corrected chi connectivity index (χ0v) is 22.5. The van der Waals surface area contributed by atoms with Crippen molar-refractivity contribution in [1.29, 1.82) is 0 Å². The summed E-state index contributed by atoms with van der Waals surface area (Å²) in [5.41, 5.74) is 0.913. The maximum absolute atomic E-state index is 15.0. The number of carbonyl (C=O) groups excluding carboxylic acids is 2. The number of Topliss-reactive ketones (excluding diaryl/α,β-unsaturated/α-hetero) is 1. The van der Waals surface area contributed by atoms with Crippen molar-refractivity contribution in [2.24, 2.45) is 0 Å². The Hall–Kier alpha value is -3.64. The lowest BCUT2D eigenvalue weighted by Crippen LogP contribution is -2.46. The molecule has 0 saturated carbocycles. The number of alkyl halides is 3. The van der Waals surface area contributed by atoms with E-state index in [2.05, 4.69) is 0 Å². The van der Waals surface area contributed by atoms with Gasteiger partial charge in [-0.05, 0) is 55.4 Å². The van der Waals surface area contributed by atoms with Crippen LogP contribution in [0.5, 0.6) is 0 Å². The molecule has 0 fully saturated rings. The highest BCUT2D eigenvalue weighted by atomic mass is 19.4. The molecule has 1 aromatic carbocycles. The van der Waals surface area contributed by atoms with Crippen molar-refractivity contribution in [3.8, 4) is 11.4 Å². The summed E-state index contributed by atoms with van der Waals surface area (Å²) in [6.07, 6.45) is -7.77. The topological polar surface area (TPSA) is 113 Å². The number of rotatable bonds is 3. The number of aryl methyl sites for hydroxylation is 1. The number of fused-ring (bicyclic) bond motifs is 5. The Morgan fingerprint density at radius 2 is 1.90 bits per heavy atom. The Balaban J connectivity index is 1.62. The zero-order chi connectivity index (χ0) is 29.8. The van der Waals surface area contributed by atoms with Crippen LogP contribution in [0.2, 0.25) is 0 Å². The molecule has 3 aromatic rings. The van der Waals surface area contributed by atoms with E-state index in [1.165, 1.54) is 17.7 Å². The van der Waals surface area contributed by atoms with Gasteiger partial charge in [-0.2, -0.15) is 13.2 Å². The van der Waals surface area contributed by atoms with E-state index in [1.807, 2.05) is 0 Å².